The number of hydrogen-bond acceptors (Lipinski definition) is 2. The molecule has 4 fully saturated rings. The normalized spacial score (nSPS) is 25.4. The summed E-state index contributed by atoms with van der Waals surface area (Å²) in [6.45, 7) is 0. The number of ether oxygens (including phenoxy) is 1. The molecule has 4 aliphatic carbocycles. The molecule has 19 heavy (non-hydrogen) atoms. The lowest BCUT2D eigenvalue weighted by Crippen LogP contribution is -2.06. The van der Waals surface area contributed by atoms with Crippen LogP contribution in [0.15, 0.2) is 11.8 Å². The second kappa shape index (κ2) is 5.68. The number of aldehydes is 1. The Morgan fingerprint density at radius 1 is 0.947 bits per heavy atom. The van der Waals surface area contributed by atoms with E-state index in [0.29, 0.717) is 5.92 Å². The van der Waals surface area contributed by atoms with Crippen LogP contribution in [0.1, 0.15) is 51.4 Å². The van der Waals surface area contributed by atoms with Crippen molar-refractivity contribution in [1.82, 2.24) is 0 Å². The Morgan fingerprint density at radius 3 is 1.68 bits per heavy atom. The van der Waals surface area contributed by atoms with E-state index in [1.807, 2.05) is 6.26 Å². The number of rotatable bonds is 6. The quantitative estimate of drug-likeness (QED) is 0.535. The van der Waals surface area contributed by atoms with Gasteiger partial charge in [-0.2, -0.15) is 0 Å². The molecule has 0 spiro atoms. The van der Waals surface area contributed by atoms with Crippen molar-refractivity contribution < 1.29 is 9.53 Å². The smallest absolute Gasteiger partial charge is 0.123 e. The standard InChI is InChI=1S/C9H14O.C8H12O/c1-10-6-9(7-2-3-7)8-4-5-8;9-5-8(6-1-2-6)7-3-4-7/h6-8H,2-5H2,1H3;5-8H,1-4H2. The molecule has 4 saturated carbocycles. The van der Waals surface area contributed by atoms with E-state index in [2.05, 4.69) is 0 Å². The van der Waals surface area contributed by atoms with Gasteiger partial charge in [0, 0.05) is 5.92 Å². The van der Waals surface area contributed by atoms with Crippen LogP contribution in [0.25, 0.3) is 0 Å². The van der Waals surface area contributed by atoms with Crippen LogP contribution in [-0.4, -0.2) is 13.4 Å². The predicted octanol–water partition coefficient (Wildman–Crippen LogP) is 3.96. The Morgan fingerprint density at radius 2 is 1.42 bits per heavy atom. The van der Waals surface area contributed by atoms with Crippen LogP contribution in [0.2, 0.25) is 0 Å². The van der Waals surface area contributed by atoms with E-state index in [1.165, 1.54) is 57.7 Å². The molecule has 0 aromatic carbocycles. The van der Waals surface area contributed by atoms with Crippen molar-refractivity contribution >= 4 is 6.29 Å². The second-order valence-corrected chi connectivity index (χ2v) is 6.79. The lowest BCUT2D eigenvalue weighted by molar-refractivity contribution is -0.112. The van der Waals surface area contributed by atoms with Gasteiger partial charge in [0.1, 0.15) is 6.29 Å². The third-order valence-corrected chi connectivity index (χ3v) is 4.84. The van der Waals surface area contributed by atoms with Gasteiger partial charge in [-0.05, 0) is 80.6 Å². The van der Waals surface area contributed by atoms with Gasteiger partial charge in [-0.15, -0.1) is 0 Å². The van der Waals surface area contributed by atoms with Gasteiger partial charge in [0.05, 0.1) is 13.4 Å². The van der Waals surface area contributed by atoms with Gasteiger partial charge in [0.25, 0.3) is 0 Å². The zero-order chi connectivity index (χ0) is 13.2. The molecular formula is C17H26O2. The molecule has 0 unspecified atom stereocenters. The van der Waals surface area contributed by atoms with E-state index in [1.54, 1.807) is 12.7 Å². The van der Waals surface area contributed by atoms with Crippen LogP contribution in [0.5, 0.6) is 0 Å². The van der Waals surface area contributed by atoms with E-state index in [4.69, 9.17) is 4.74 Å². The van der Waals surface area contributed by atoms with Crippen LogP contribution in [0.4, 0.5) is 0 Å². The lowest BCUT2D eigenvalue weighted by atomic mass is 10.0. The fourth-order valence-corrected chi connectivity index (χ4v) is 3.06. The first-order valence-corrected chi connectivity index (χ1v) is 8.01. The molecule has 0 N–H and O–H groups in total. The minimum atomic E-state index is 0.463. The van der Waals surface area contributed by atoms with Gasteiger partial charge in [0.15, 0.2) is 0 Å². The van der Waals surface area contributed by atoms with E-state index in [0.717, 1.165) is 23.7 Å². The molecule has 4 aliphatic rings. The average Bonchev–Trinajstić information content (AvgIpc) is 3.28. The van der Waals surface area contributed by atoms with E-state index >= 15 is 0 Å². The van der Waals surface area contributed by atoms with Crippen molar-refractivity contribution in [2.75, 3.05) is 7.11 Å². The highest BCUT2D eigenvalue weighted by Crippen LogP contribution is 2.49. The molecular weight excluding hydrogens is 236 g/mol. The average molecular weight is 262 g/mol. The third-order valence-electron chi connectivity index (χ3n) is 4.84. The van der Waals surface area contributed by atoms with Crippen LogP contribution in [-0.2, 0) is 9.53 Å². The Hall–Kier alpha value is -0.790. The number of hydrogen-bond donors (Lipinski definition) is 0. The Labute approximate surface area is 116 Å². The SMILES string of the molecule is COC=C(C1CC1)C1CC1.O=CC(C1CC1)C1CC1. The minimum absolute atomic E-state index is 0.463. The third kappa shape index (κ3) is 3.84. The maximum atomic E-state index is 10.5. The molecule has 2 heteroatoms. The summed E-state index contributed by atoms with van der Waals surface area (Å²) in [6.07, 6.45) is 14.1. The number of methoxy groups -OCH3 is 1. The number of carbonyl (C=O) groups is 1. The van der Waals surface area contributed by atoms with Crippen LogP contribution in [0, 0.1) is 29.6 Å². The number of carbonyl (C=O) groups excluding carboxylic acids is 1. The molecule has 0 saturated heterocycles. The van der Waals surface area contributed by atoms with E-state index in [-0.39, 0.29) is 0 Å². The van der Waals surface area contributed by atoms with Crippen molar-refractivity contribution in [1.29, 1.82) is 0 Å². The topological polar surface area (TPSA) is 26.3 Å². The highest BCUT2D eigenvalue weighted by molar-refractivity contribution is 5.56. The summed E-state index contributed by atoms with van der Waals surface area (Å²) in [6, 6.07) is 0. The fraction of sp³-hybridized carbons (Fsp3) is 0.824. The first-order valence-electron chi connectivity index (χ1n) is 8.01. The maximum Gasteiger partial charge on any atom is 0.123 e. The summed E-state index contributed by atoms with van der Waals surface area (Å²) in [5.74, 6) is 3.88. The summed E-state index contributed by atoms with van der Waals surface area (Å²) in [5, 5.41) is 0. The first kappa shape index (κ1) is 13.2. The van der Waals surface area contributed by atoms with Gasteiger partial charge >= 0.3 is 0 Å². The Kier molecular flexibility index (Phi) is 3.95. The molecule has 106 valence electrons. The van der Waals surface area contributed by atoms with Crippen molar-refractivity contribution in [2.24, 2.45) is 29.6 Å². The van der Waals surface area contributed by atoms with Crippen LogP contribution in [0.3, 0.4) is 0 Å². The number of allylic oxidation sites excluding steroid dienone is 1. The minimum Gasteiger partial charge on any atom is -0.504 e. The molecule has 4 rings (SSSR count). The van der Waals surface area contributed by atoms with Gasteiger partial charge in [-0.3, -0.25) is 0 Å². The summed E-state index contributed by atoms with van der Waals surface area (Å²) in [7, 11) is 1.75. The van der Waals surface area contributed by atoms with Gasteiger partial charge < -0.3 is 9.53 Å². The Bertz CT molecular complexity index is 318. The van der Waals surface area contributed by atoms with Crippen molar-refractivity contribution in [3.63, 3.8) is 0 Å². The summed E-state index contributed by atoms with van der Waals surface area (Å²) in [5.41, 5.74) is 1.60. The maximum absolute atomic E-state index is 10.5. The highest BCUT2D eigenvalue weighted by atomic mass is 16.5. The first-order chi connectivity index (χ1) is 9.33. The highest BCUT2D eigenvalue weighted by Gasteiger charge is 2.41. The summed E-state index contributed by atoms with van der Waals surface area (Å²) in [4.78, 5) is 10.5. The molecule has 0 aliphatic heterocycles. The van der Waals surface area contributed by atoms with Gasteiger partial charge in [-0.25, -0.2) is 0 Å². The molecule has 0 aromatic heterocycles. The Balaban J connectivity index is 0.000000117. The second-order valence-electron chi connectivity index (χ2n) is 6.79. The monoisotopic (exact) mass is 262 g/mol. The predicted molar refractivity (Wildman–Crippen MR) is 75.5 cm³/mol. The largest absolute Gasteiger partial charge is 0.504 e. The van der Waals surface area contributed by atoms with Gasteiger partial charge in [0.2, 0.25) is 0 Å². The van der Waals surface area contributed by atoms with E-state index < -0.39 is 0 Å². The zero-order valence-electron chi connectivity index (χ0n) is 12.0. The van der Waals surface area contributed by atoms with Gasteiger partial charge in [-0.1, -0.05) is 0 Å². The van der Waals surface area contributed by atoms with Crippen molar-refractivity contribution in [2.45, 2.75) is 51.4 Å². The lowest BCUT2D eigenvalue weighted by Gasteiger charge is -2.03. The molecule has 0 atom stereocenters. The fourth-order valence-electron chi connectivity index (χ4n) is 3.06. The molecule has 0 heterocycles. The van der Waals surface area contributed by atoms with Crippen LogP contribution >= 0.6 is 0 Å². The van der Waals surface area contributed by atoms with Crippen molar-refractivity contribution in [3.05, 3.63) is 11.8 Å². The molecule has 0 aromatic rings. The molecule has 0 amide bonds. The zero-order valence-corrected chi connectivity index (χ0v) is 12.0. The van der Waals surface area contributed by atoms with Crippen LogP contribution < -0.4 is 0 Å². The summed E-state index contributed by atoms with van der Waals surface area (Å²) >= 11 is 0. The molecule has 2 nitrogen and oxygen atoms in total. The molecule has 0 radical (unpaired) electrons. The van der Waals surface area contributed by atoms with Crippen molar-refractivity contribution in [3.8, 4) is 0 Å². The summed E-state index contributed by atoms with van der Waals surface area (Å²) < 4.78 is 5.04. The van der Waals surface area contributed by atoms with E-state index in [9.17, 15) is 4.79 Å². The molecule has 0 bridgehead atoms.